The molecule has 1 aromatic carbocycles. The Balaban J connectivity index is 0.00000225. The quantitative estimate of drug-likeness (QED) is 0.823. The molecule has 2 aromatic rings. The van der Waals surface area contributed by atoms with E-state index in [0.717, 1.165) is 5.56 Å². The Bertz CT molecular complexity index is 867. The Labute approximate surface area is 152 Å². The lowest BCUT2D eigenvalue weighted by Gasteiger charge is -2.15. The van der Waals surface area contributed by atoms with Gasteiger partial charge < -0.3 is 15.1 Å². The van der Waals surface area contributed by atoms with E-state index in [4.69, 9.17) is 15.3 Å². The van der Waals surface area contributed by atoms with E-state index in [1.54, 1.807) is 4.90 Å². The number of hydrogen-bond acceptors (Lipinski definition) is 5. The zero-order chi connectivity index (χ0) is 17.5. The van der Waals surface area contributed by atoms with Crippen LogP contribution in [0.5, 0.6) is 0 Å². The number of carbonyl (C=O) groups excluding carboxylic acids is 1. The highest BCUT2D eigenvalue weighted by atomic mass is 35.5. The van der Waals surface area contributed by atoms with Gasteiger partial charge in [0.1, 0.15) is 10.7 Å². The molecule has 0 spiro atoms. The van der Waals surface area contributed by atoms with Crippen molar-refractivity contribution in [3.05, 3.63) is 53.5 Å². The summed E-state index contributed by atoms with van der Waals surface area (Å²) in [6.07, 6.45) is 0. The molecule has 0 aliphatic carbocycles. The predicted octanol–water partition coefficient (Wildman–Crippen LogP) is 1.22. The average molecular weight is 386 g/mol. The highest BCUT2D eigenvalue weighted by molar-refractivity contribution is 7.89. The number of carbonyl (C=O) groups is 1. The molecule has 7 nitrogen and oxygen atoms in total. The van der Waals surface area contributed by atoms with E-state index < -0.39 is 10.0 Å². The molecule has 0 bridgehead atoms. The normalized spacial score (nSPS) is 20.4. The van der Waals surface area contributed by atoms with E-state index in [-0.39, 0.29) is 46.7 Å². The van der Waals surface area contributed by atoms with Crippen LogP contribution in [0.4, 0.5) is 0 Å². The summed E-state index contributed by atoms with van der Waals surface area (Å²) in [7, 11) is -3.92. The Kier molecular flexibility index (Phi) is 5.58. The number of sulfonamides is 1. The lowest BCUT2D eigenvalue weighted by Crippen LogP contribution is -2.32. The van der Waals surface area contributed by atoms with Gasteiger partial charge in [-0.3, -0.25) is 4.79 Å². The number of benzene rings is 1. The minimum absolute atomic E-state index is 0. The largest absolute Gasteiger partial charge is 0.455 e. The van der Waals surface area contributed by atoms with Gasteiger partial charge in [0.05, 0.1) is 0 Å². The van der Waals surface area contributed by atoms with Crippen molar-refractivity contribution in [2.75, 3.05) is 13.1 Å². The Morgan fingerprint density at radius 3 is 2.44 bits per heavy atom. The van der Waals surface area contributed by atoms with E-state index in [1.165, 1.54) is 13.0 Å². The smallest absolute Gasteiger partial charge is 0.289 e. The molecule has 136 valence electrons. The zero-order valence-electron chi connectivity index (χ0n) is 13.6. The number of furan rings is 1. The van der Waals surface area contributed by atoms with E-state index in [1.807, 2.05) is 30.3 Å². The molecule has 1 saturated heterocycles. The molecule has 0 saturated carbocycles. The van der Waals surface area contributed by atoms with Gasteiger partial charge >= 0.3 is 0 Å². The first-order valence-corrected chi connectivity index (χ1v) is 9.05. The van der Waals surface area contributed by atoms with Gasteiger partial charge in [0.15, 0.2) is 5.76 Å². The molecule has 4 N–H and O–H groups in total. The van der Waals surface area contributed by atoms with Crippen molar-refractivity contribution in [1.29, 1.82) is 0 Å². The number of halogens is 1. The van der Waals surface area contributed by atoms with Gasteiger partial charge in [0.25, 0.3) is 5.91 Å². The van der Waals surface area contributed by atoms with Gasteiger partial charge in [-0.15, -0.1) is 12.4 Å². The third-order valence-electron chi connectivity index (χ3n) is 4.27. The second kappa shape index (κ2) is 7.17. The maximum absolute atomic E-state index is 12.6. The maximum atomic E-state index is 12.6. The van der Waals surface area contributed by atoms with Gasteiger partial charge in [0, 0.05) is 31.1 Å². The van der Waals surface area contributed by atoms with Gasteiger partial charge in [-0.25, -0.2) is 13.6 Å². The SMILES string of the molecule is Cc1oc(C(=O)N2C[C@@H](N)[C@H](c3ccccc3)C2)cc1S(N)(=O)=O.Cl. The van der Waals surface area contributed by atoms with Crippen LogP contribution < -0.4 is 10.9 Å². The van der Waals surface area contributed by atoms with Crippen molar-refractivity contribution in [2.24, 2.45) is 10.9 Å². The first kappa shape index (κ1) is 19.5. The van der Waals surface area contributed by atoms with Crippen molar-refractivity contribution < 1.29 is 17.6 Å². The van der Waals surface area contributed by atoms with Crippen LogP contribution in [-0.4, -0.2) is 38.4 Å². The Morgan fingerprint density at radius 2 is 1.88 bits per heavy atom. The third-order valence-corrected chi connectivity index (χ3v) is 5.29. The summed E-state index contributed by atoms with van der Waals surface area (Å²) in [6.45, 7) is 2.29. The molecule has 0 radical (unpaired) electrons. The van der Waals surface area contributed by atoms with Crippen molar-refractivity contribution in [2.45, 2.75) is 23.8 Å². The van der Waals surface area contributed by atoms with Crippen LogP contribution in [0.1, 0.15) is 27.8 Å². The zero-order valence-corrected chi connectivity index (χ0v) is 15.2. The number of aryl methyl sites for hydroxylation is 1. The summed E-state index contributed by atoms with van der Waals surface area (Å²) in [6, 6.07) is 10.7. The Morgan fingerprint density at radius 1 is 1.24 bits per heavy atom. The van der Waals surface area contributed by atoms with Gasteiger partial charge in [-0.1, -0.05) is 30.3 Å². The standard InChI is InChI=1S/C16H19N3O4S.ClH/c1-10-15(24(18,21)22)7-14(23-10)16(20)19-8-12(13(17)9-19)11-5-3-2-4-6-11;/h2-7,12-13H,8-9,17H2,1H3,(H2,18,21,22);1H/t12-,13+;/m0./s1. The van der Waals surface area contributed by atoms with Crippen molar-refractivity contribution in [3.8, 4) is 0 Å². The monoisotopic (exact) mass is 385 g/mol. The first-order chi connectivity index (χ1) is 11.3. The fraction of sp³-hybridized carbons (Fsp3) is 0.312. The average Bonchev–Trinajstić information content (AvgIpc) is 3.10. The molecule has 0 unspecified atom stereocenters. The third kappa shape index (κ3) is 3.87. The van der Waals surface area contributed by atoms with Crippen LogP contribution in [0, 0.1) is 6.92 Å². The lowest BCUT2D eigenvalue weighted by molar-refractivity contribution is 0.0756. The highest BCUT2D eigenvalue weighted by Gasteiger charge is 2.35. The number of rotatable bonds is 3. The van der Waals surface area contributed by atoms with Crippen LogP contribution >= 0.6 is 12.4 Å². The molecule has 1 amide bonds. The van der Waals surface area contributed by atoms with Crippen LogP contribution in [0.15, 0.2) is 45.7 Å². The molecule has 3 rings (SSSR count). The summed E-state index contributed by atoms with van der Waals surface area (Å²) in [5.41, 5.74) is 7.25. The summed E-state index contributed by atoms with van der Waals surface area (Å²) in [5, 5.41) is 5.11. The minimum atomic E-state index is -3.92. The van der Waals surface area contributed by atoms with E-state index >= 15 is 0 Å². The molecule has 9 heteroatoms. The van der Waals surface area contributed by atoms with Crippen LogP contribution in [0.25, 0.3) is 0 Å². The minimum Gasteiger partial charge on any atom is -0.455 e. The summed E-state index contributed by atoms with van der Waals surface area (Å²) < 4.78 is 28.2. The van der Waals surface area contributed by atoms with E-state index in [9.17, 15) is 13.2 Å². The number of nitrogens with two attached hydrogens (primary N) is 2. The molecule has 2 atom stereocenters. The summed E-state index contributed by atoms with van der Waals surface area (Å²) in [5.74, 6) is -0.299. The van der Waals surface area contributed by atoms with E-state index in [2.05, 4.69) is 0 Å². The maximum Gasteiger partial charge on any atom is 0.289 e. The van der Waals surface area contributed by atoms with Gasteiger partial charge in [-0.2, -0.15) is 0 Å². The summed E-state index contributed by atoms with van der Waals surface area (Å²) in [4.78, 5) is 14.0. The number of hydrogen-bond donors (Lipinski definition) is 2. The van der Waals surface area contributed by atoms with Crippen LogP contribution in [-0.2, 0) is 10.0 Å². The molecular weight excluding hydrogens is 366 g/mol. The Hall–Kier alpha value is -1.87. The molecule has 1 aromatic heterocycles. The lowest BCUT2D eigenvalue weighted by atomic mass is 9.95. The number of nitrogens with zero attached hydrogens (tertiary/aromatic N) is 1. The number of amides is 1. The highest BCUT2D eigenvalue weighted by Crippen LogP contribution is 2.28. The topological polar surface area (TPSA) is 120 Å². The van der Waals surface area contributed by atoms with E-state index in [0.29, 0.717) is 13.1 Å². The molecule has 1 aliphatic rings. The molecule has 2 heterocycles. The van der Waals surface area contributed by atoms with Crippen molar-refractivity contribution in [1.82, 2.24) is 4.90 Å². The second-order valence-corrected chi connectivity index (χ2v) is 7.50. The van der Waals surface area contributed by atoms with Gasteiger partial charge in [-0.05, 0) is 12.5 Å². The van der Waals surface area contributed by atoms with Crippen molar-refractivity contribution >= 4 is 28.3 Å². The first-order valence-electron chi connectivity index (χ1n) is 7.50. The molecule has 1 aliphatic heterocycles. The second-order valence-electron chi connectivity index (χ2n) is 5.97. The number of likely N-dealkylation sites (tertiary alicyclic amines) is 1. The summed E-state index contributed by atoms with van der Waals surface area (Å²) >= 11 is 0. The fourth-order valence-electron chi connectivity index (χ4n) is 3.06. The van der Waals surface area contributed by atoms with Crippen LogP contribution in [0.3, 0.4) is 0 Å². The molecule has 1 fully saturated rings. The molecular formula is C16H20ClN3O4S. The van der Waals surface area contributed by atoms with Crippen LogP contribution in [0.2, 0.25) is 0 Å². The number of primary sulfonamides is 1. The van der Waals surface area contributed by atoms with Crippen molar-refractivity contribution in [3.63, 3.8) is 0 Å². The fourth-order valence-corrected chi connectivity index (χ4v) is 3.77. The molecule has 25 heavy (non-hydrogen) atoms. The van der Waals surface area contributed by atoms with Gasteiger partial charge in [0.2, 0.25) is 10.0 Å². The predicted molar refractivity (Wildman–Crippen MR) is 95.1 cm³/mol.